The van der Waals surface area contributed by atoms with E-state index in [0.717, 1.165) is 5.75 Å². The van der Waals surface area contributed by atoms with E-state index in [1.165, 1.54) is 7.11 Å². The second-order valence-electron chi connectivity index (χ2n) is 6.23. The number of likely N-dealkylation sites (N-methyl/N-ethyl adjacent to an activating group) is 1. The van der Waals surface area contributed by atoms with E-state index in [0.29, 0.717) is 22.2 Å². The number of aliphatic hydroxyl groups excluding tert-OH is 1. The molecule has 2 aromatic carbocycles. The van der Waals surface area contributed by atoms with Crippen molar-refractivity contribution in [3.63, 3.8) is 0 Å². The molecular formula is C20H25ClN2O5. The number of hydrogen-bond donors (Lipinski definition) is 2. The molecule has 2 aromatic rings. The van der Waals surface area contributed by atoms with Crippen LogP contribution < -0.4 is 19.5 Å². The van der Waals surface area contributed by atoms with E-state index in [4.69, 9.17) is 25.8 Å². The van der Waals surface area contributed by atoms with Gasteiger partial charge in [0.2, 0.25) is 5.91 Å². The smallest absolute Gasteiger partial charge is 0.238 e. The summed E-state index contributed by atoms with van der Waals surface area (Å²) in [5.74, 6) is 1.64. The highest BCUT2D eigenvalue weighted by Crippen LogP contribution is 2.27. The van der Waals surface area contributed by atoms with Gasteiger partial charge in [-0.2, -0.15) is 0 Å². The standard InChI is InChI=1S/C20H25ClN2O5/c1-23(11-15(24)13-28-17-7-5-16(26-2)6-8-17)12-20(25)22-18-10-14(21)4-9-19(18)27-3/h4-10,15,24H,11-13H2,1-3H3,(H,22,25). The number of ether oxygens (including phenoxy) is 3. The van der Waals surface area contributed by atoms with E-state index in [-0.39, 0.29) is 25.6 Å². The van der Waals surface area contributed by atoms with Crippen molar-refractivity contribution in [2.45, 2.75) is 6.10 Å². The van der Waals surface area contributed by atoms with Gasteiger partial charge in [-0.1, -0.05) is 11.6 Å². The fraction of sp³-hybridized carbons (Fsp3) is 0.350. The zero-order chi connectivity index (χ0) is 20.5. The summed E-state index contributed by atoms with van der Waals surface area (Å²) >= 11 is 5.96. The maximum atomic E-state index is 12.2. The summed E-state index contributed by atoms with van der Waals surface area (Å²) in [7, 11) is 4.85. The molecule has 0 bridgehead atoms. The molecule has 1 amide bonds. The number of carbonyl (C=O) groups is 1. The number of nitrogens with zero attached hydrogens (tertiary/aromatic N) is 1. The van der Waals surface area contributed by atoms with Crippen molar-refractivity contribution in [1.82, 2.24) is 4.90 Å². The Labute approximate surface area is 169 Å². The molecule has 2 N–H and O–H groups in total. The van der Waals surface area contributed by atoms with Crippen LogP contribution in [-0.4, -0.2) is 63.0 Å². The third-order valence-electron chi connectivity index (χ3n) is 3.87. The Hall–Kier alpha value is -2.48. The molecule has 0 radical (unpaired) electrons. The molecule has 1 unspecified atom stereocenters. The van der Waals surface area contributed by atoms with Crippen molar-refractivity contribution in [3.8, 4) is 17.2 Å². The van der Waals surface area contributed by atoms with Crippen molar-refractivity contribution >= 4 is 23.2 Å². The van der Waals surface area contributed by atoms with E-state index in [1.807, 2.05) is 0 Å². The molecule has 0 aromatic heterocycles. The number of hydrogen-bond acceptors (Lipinski definition) is 6. The van der Waals surface area contributed by atoms with Gasteiger partial charge in [-0.15, -0.1) is 0 Å². The molecule has 0 aliphatic heterocycles. The highest BCUT2D eigenvalue weighted by atomic mass is 35.5. The van der Waals surface area contributed by atoms with Gasteiger partial charge >= 0.3 is 0 Å². The van der Waals surface area contributed by atoms with E-state index < -0.39 is 6.10 Å². The molecule has 0 aliphatic rings. The van der Waals surface area contributed by atoms with Crippen molar-refractivity contribution in [2.24, 2.45) is 0 Å². The predicted octanol–water partition coefficient (Wildman–Crippen LogP) is 2.67. The molecule has 0 spiro atoms. The molecule has 7 nitrogen and oxygen atoms in total. The average molecular weight is 409 g/mol. The number of methoxy groups -OCH3 is 2. The number of rotatable bonds is 10. The van der Waals surface area contributed by atoms with Gasteiger partial charge in [0, 0.05) is 11.6 Å². The Kier molecular flexibility index (Phi) is 8.38. The van der Waals surface area contributed by atoms with Gasteiger partial charge < -0.3 is 24.6 Å². The van der Waals surface area contributed by atoms with Crippen LogP contribution in [0.25, 0.3) is 0 Å². The summed E-state index contributed by atoms with van der Waals surface area (Å²) < 4.78 is 15.8. The van der Waals surface area contributed by atoms with Crippen molar-refractivity contribution in [1.29, 1.82) is 0 Å². The predicted molar refractivity (Wildman–Crippen MR) is 109 cm³/mol. The number of nitrogens with one attached hydrogen (secondary N) is 1. The SMILES string of the molecule is COc1ccc(OCC(O)CN(C)CC(=O)Nc2cc(Cl)ccc2OC)cc1. The van der Waals surface area contributed by atoms with Gasteiger partial charge in [0.1, 0.15) is 30.0 Å². The number of anilines is 1. The normalized spacial score (nSPS) is 11.8. The molecular weight excluding hydrogens is 384 g/mol. The summed E-state index contributed by atoms with van der Waals surface area (Å²) in [6.07, 6.45) is -0.749. The summed E-state index contributed by atoms with van der Waals surface area (Å²) in [5, 5.41) is 13.4. The van der Waals surface area contributed by atoms with Crippen LogP contribution in [0.1, 0.15) is 0 Å². The monoisotopic (exact) mass is 408 g/mol. The van der Waals surface area contributed by atoms with Crippen molar-refractivity contribution < 1.29 is 24.1 Å². The first-order chi connectivity index (χ1) is 13.4. The molecule has 0 saturated heterocycles. The van der Waals surface area contributed by atoms with Gasteiger partial charge in [0.05, 0.1) is 26.5 Å². The largest absolute Gasteiger partial charge is 0.497 e. The van der Waals surface area contributed by atoms with Crippen LogP contribution in [0.5, 0.6) is 17.2 Å². The summed E-state index contributed by atoms with van der Waals surface area (Å²) in [5.41, 5.74) is 0.497. The molecule has 0 aliphatic carbocycles. The van der Waals surface area contributed by atoms with Gasteiger partial charge in [0.25, 0.3) is 0 Å². The minimum atomic E-state index is -0.749. The first-order valence-electron chi connectivity index (χ1n) is 8.68. The number of amides is 1. The molecule has 1 atom stereocenters. The zero-order valence-electron chi connectivity index (χ0n) is 16.1. The Morgan fingerprint density at radius 2 is 1.82 bits per heavy atom. The van der Waals surface area contributed by atoms with E-state index >= 15 is 0 Å². The minimum Gasteiger partial charge on any atom is -0.497 e. The summed E-state index contributed by atoms with van der Waals surface area (Å²) in [4.78, 5) is 14.0. The quantitative estimate of drug-likeness (QED) is 0.629. The molecule has 152 valence electrons. The Morgan fingerprint density at radius 1 is 1.14 bits per heavy atom. The Bertz CT molecular complexity index is 770. The lowest BCUT2D eigenvalue weighted by atomic mass is 10.3. The van der Waals surface area contributed by atoms with Crippen LogP contribution in [0.3, 0.4) is 0 Å². The van der Waals surface area contributed by atoms with Crippen LogP contribution in [0.2, 0.25) is 5.02 Å². The third kappa shape index (κ3) is 6.92. The van der Waals surface area contributed by atoms with Crippen molar-refractivity contribution in [3.05, 3.63) is 47.5 Å². The van der Waals surface area contributed by atoms with Gasteiger partial charge in [0.15, 0.2) is 0 Å². The fourth-order valence-corrected chi connectivity index (χ4v) is 2.73. The number of carbonyl (C=O) groups excluding carboxylic acids is 1. The average Bonchev–Trinajstić information content (AvgIpc) is 2.66. The van der Waals surface area contributed by atoms with Crippen LogP contribution in [0, 0.1) is 0 Å². The highest BCUT2D eigenvalue weighted by molar-refractivity contribution is 6.31. The lowest BCUT2D eigenvalue weighted by Gasteiger charge is -2.20. The molecule has 28 heavy (non-hydrogen) atoms. The van der Waals surface area contributed by atoms with Crippen LogP contribution in [0.15, 0.2) is 42.5 Å². The van der Waals surface area contributed by atoms with E-state index in [1.54, 1.807) is 61.5 Å². The fourth-order valence-electron chi connectivity index (χ4n) is 2.55. The topological polar surface area (TPSA) is 80.3 Å². The van der Waals surface area contributed by atoms with Crippen LogP contribution in [0.4, 0.5) is 5.69 Å². The maximum Gasteiger partial charge on any atom is 0.238 e. The first kappa shape index (κ1) is 21.8. The lowest BCUT2D eigenvalue weighted by Crippen LogP contribution is -2.37. The maximum absolute atomic E-state index is 12.2. The molecule has 2 rings (SSSR count). The third-order valence-corrected chi connectivity index (χ3v) is 4.11. The van der Waals surface area contributed by atoms with E-state index in [2.05, 4.69) is 5.32 Å². The molecule has 0 heterocycles. The highest BCUT2D eigenvalue weighted by Gasteiger charge is 2.14. The first-order valence-corrected chi connectivity index (χ1v) is 9.06. The molecule has 0 saturated carbocycles. The van der Waals surface area contributed by atoms with Gasteiger partial charge in [-0.05, 0) is 49.5 Å². The molecule has 0 fully saturated rings. The number of halogens is 1. The number of benzene rings is 2. The second-order valence-corrected chi connectivity index (χ2v) is 6.67. The summed E-state index contributed by atoms with van der Waals surface area (Å²) in [6.45, 7) is 0.478. The zero-order valence-corrected chi connectivity index (χ0v) is 16.9. The van der Waals surface area contributed by atoms with Crippen LogP contribution >= 0.6 is 11.6 Å². The van der Waals surface area contributed by atoms with Gasteiger partial charge in [-0.25, -0.2) is 0 Å². The van der Waals surface area contributed by atoms with Crippen molar-refractivity contribution in [2.75, 3.05) is 46.3 Å². The number of aliphatic hydroxyl groups is 1. The van der Waals surface area contributed by atoms with Crippen LogP contribution in [-0.2, 0) is 4.79 Å². The second kappa shape index (κ2) is 10.8. The van der Waals surface area contributed by atoms with Gasteiger partial charge in [-0.3, -0.25) is 9.69 Å². The molecule has 8 heteroatoms. The Balaban J connectivity index is 1.78. The summed E-state index contributed by atoms with van der Waals surface area (Å²) in [6, 6.07) is 12.1. The lowest BCUT2D eigenvalue weighted by molar-refractivity contribution is -0.117. The minimum absolute atomic E-state index is 0.0925. The van der Waals surface area contributed by atoms with E-state index in [9.17, 15) is 9.90 Å². The Morgan fingerprint density at radius 3 is 2.46 bits per heavy atom.